The van der Waals surface area contributed by atoms with Crippen molar-refractivity contribution in [2.24, 2.45) is 0 Å². The van der Waals surface area contributed by atoms with E-state index in [1.807, 2.05) is 30.1 Å². The largest absolute Gasteiger partial charge is 0.337 e. The van der Waals surface area contributed by atoms with Gasteiger partial charge >= 0.3 is 0 Å². The van der Waals surface area contributed by atoms with Gasteiger partial charge in [-0.25, -0.2) is 0 Å². The van der Waals surface area contributed by atoms with E-state index in [1.54, 1.807) is 11.3 Å². The highest BCUT2D eigenvalue weighted by atomic mass is 32.1. The molecule has 0 saturated heterocycles. The summed E-state index contributed by atoms with van der Waals surface area (Å²) in [6.45, 7) is 0.669. The highest BCUT2D eigenvalue weighted by Gasteiger charge is 2.19. The summed E-state index contributed by atoms with van der Waals surface area (Å²) in [5.74, 6) is 0.150. The molecule has 1 aromatic carbocycles. The van der Waals surface area contributed by atoms with E-state index in [4.69, 9.17) is 0 Å². The Morgan fingerprint density at radius 1 is 1.14 bits per heavy atom. The molecule has 0 atom stereocenters. The molecule has 0 saturated carbocycles. The van der Waals surface area contributed by atoms with E-state index in [2.05, 4.69) is 18.2 Å². The molecular formula is C18H21NOS. The number of rotatable bonds is 3. The monoisotopic (exact) mass is 299 g/mol. The van der Waals surface area contributed by atoms with Crippen LogP contribution in [-0.4, -0.2) is 17.9 Å². The lowest BCUT2D eigenvalue weighted by Gasteiger charge is -2.16. The Hall–Kier alpha value is -1.61. The Kier molecular flexibility index (Phi) is 4.39. The average molecular weight is 299 g/mol. The Balaban J connectivity index is 1.73. The van der Waals surface area contributed by atoms with Gasteiger partial charge in [-0.1, -0.05) is 36.8 Å². The number of amides is 1. The summed E-state index contributed by atoms with van der Waals surface area (Å²) >= 11 is 1.70. The Labute approximate surface area is 130 Å². The van der Waals surface area contributed by atoms with Crippen molar-refractivity contribution < 1.29 is 4.79 Å². The minimum absolute atomic E-state index is 0.150. The molecule has 1 amide bonds. The van der Waals surface area contributed by atoms with Crippen molar-refractivity contribution in [3.05, 3.63) is 57.3 Å². The van der Waals surface area contributed by atoms with Crippen LogP contribution in [0, 0.1) is 0 Å². The second-order valence-electron chi connectivity index (χ2n) is 5.77. The van der Waals surface area contributed by atoms with Crippen molar-refractivity contribution >= 4 is 17.2 Å². The van der Waals surface area contributed by atoms with E-state index in [0.717, 1.165) is 17.7 Å². The van der Waals surface area contributed by atoms with E-state index in [0.29, 0.717) is 6.54 Å². The fraction of sp³-hybridized carbons (Fsp3) is 0.389. The molecule has 0 bridgehead atoms. The van der Waals surface area contributed by atoms with E-state index in [-0.39, 0.29) is 5.91 Å². The second kappa shape index (κ2) is 6.44. The first-order valence-corrected chi connectivity index (χ1v) is 8.46. The normalized spacial score (nSPS) is 14.3. The summed E-state index contributed by atoms with van der Waals surface area (Å²) in [4.78, 5) is 16.7. The Morgan fingerprint density at radius 3 is 2.71 bits per heavy atom. The lowest BCUT2D eigenvalue weighted by Crippen LogP contribution is -2.25. The topological polar surface area (TPSA) is 20.3 Å². The SMILES string of the molecule is CN(Cc1ccccc1)C(=O)c1cc2c(s1)CCCCC2. The molecule has 0 N–H and O–H groups in total. The van der Waals surface area contributed by atoms with E-state index in [9.17, 15) is 4.79 Å². The van der Waals surface area contributed by atoms with Gasteiger partial charge in [0.1, 0.15) is 0 Å². The van der Waals surface area contributed by atoms with Gasteiger partial charge in [-0.3, -0.25) is 4.79 Å². The molecular weight excluding hydrogens is 278 g/mol. The first kappa shape index (κ1) is 14.3. The van der Waals surface area contributed by atoms with Gasteiger partial charge in [-0.15, -0.1) is 11.3 Å². The van der Waals surface area contributed by atoms with Gasteiger partial charge in [0, 0.05) is 18.5 Å². The highest BCUT2D eigenvalue weighted by Crippen LogP contribution is 2.29. The zero-order valence-corrected chi connectivity index (χ0v) is 13.3. The number of hydrogen-bond donors (Lipinski definition) is 0. The summed E-state index contributed by atoms with van der Waals surface area (Å²) in [7, 11) is 1.89. The molecule has 0 aliphatic heterocycles. The van der Waals surface area contributed by atoms with Gasteiger partial charge in [0.2, 0.25) is 0 Å². The Morgan fingerprint density at radius 2 is 1.90 bits per heavy atom. The first-order valence-electron chi connectivity index (χ1n) is 7.65. The maximum Gasteiger partial charge on any atom is 0.263 e. The molecule has 1 aliphatic carbocycles. The smallest absolute Gasteiger partial charge is 0.263 e. The standard InChI is InChI=1S/C18H21NOS/c1-19(13-14-8-4-2-5-9-14)18(20)17-12-15-10-6-3-7-11-16(15)21-17/h2,4-5,8-9,12H,3,6-7,10-11,13H2,1H3. The van der Waals surface area contributed by atoms with Crippen molar-refractivity contribution in [3.8, 4) is 0 Å². The third kappa shape index (κ3) is 3.35. The van der Waals surface area contributed by atoms with Crippen LogP contribution in [0.15, 0.2) is 36.4 Å². The number of nitrogens with zero attached hydrogens (tertiary/aromatic N) is 1. The van der Waals surface area contributed by atoms with Gasteiger partial charge in [0.05, 0.1) is 4.88 Å². The van der Waals surface area contributed by atoms with Crippen molar-refractivity contribution in [1.82, 2.24) is 4.90 Å². The molecule has 2 aromatic rings. The van der Waals surface area contributed by atoms with Crippen molar-refractivity contribution in [1.29, 1.82) is 0 Å². The molecule has 0 fully saturated rings. The molecule has 1 aromatic heterocycles. The fourth-order valence-corrected chi connectivity index (χ4v) is 4.14. The van der Waals surface area contributed by atoms with E-state index in [1.165, 1.54) is 35.3 Å². The van der Waals surface area contributed by atoms with E-state index >= 15 is 0 Å². The van der Waals surface area contributed by atoms with Gasteiger partial charge in [0.25, 0.3) is 5.91 Å². The molecule has 1 aliphatic rings. The predicted octanol–water partition coefficient (Wildman–Crippen LogP) is 4.29. The molecule has 3 heteroatoms. The maximum atomic E-state index is 12.6. The lowest BCUT2D eigenvalue weighted by atomic mass is 10.1. The summed E-state index contributed by atoms with van der Waals surface area (Å²) in [5, 5.41) is 0. The molecule has 110 valence electrons. The molecule has 3 rings (SSSR count). The number of carbonyl (C=O) groups is 1. The van der Waals surface area contributed by atoms with Crippen LogP contribution < -0.4 is 0 Å². The maximum absolute atomic E-state index is 12.6. The zero-order chi connectivity index (χ0) is 14.7. The predicted molar refractivity (Wildman–Crippen MR) is 87.8 cm³/mol. The van der Waals surface area contributed by atoms with E-state index < -0.39 is 0 Å². The number of hydrogen-bond acceptors (Lipinski definition) is 2. The summed E-state index contributed by atoms with van der Waals surface area (Å²) in [5.41, 5.74) is 2.58. The van der Waals surface area contributed by atoms with Crippen molar-refractivity contribution in [2.45, 2.75) is 38.6 Å². The van der Waals surface area contributed by atoms with Crippen LogP contribution in [0.1, 0.15) is 44.9 Å². The van der Waals surface area contributed by atoms with Crippen LogP contribution in [0.2, 0.25) is 0 Å². The third-order valence-corrected chi connectivity index (χ3v) is 5.29. The lowest BCUT2D eigenvalue weighted by molar-refractivity contribution is 0.0790. The molecule has 1 heterocycles. The molecule has 0 spiro atoms. The fourth-order valence-electron chi connectivity index (χ4n) is 2.89. The van der Waals surface area contributed by atoms with Crippen LogP contribution in [-0.2, 0) is 19.4 Å². The highest BCUT2D eigenvalue weighted by molar-refractivity contribution is 7.14. The van der Waals surface area contributed by atoms with Crippen LogP contribution in [0.3, 0.4) is 0 Å². The number of carbonyl (C=O) groups excluding carboxylic acids is 1. The molecule has 2 nitrogen and oxygen atoms in total. The Bertz CT molecular complexity index is 594. The number of thiophene rings is 1. The minimum Gasteiger partial charge on any atom is -0.337 e. The van der Waals surface area contributed by atoms with Crippen LogP contribution in [0.25, 0.3) is 0 Å². The summed E-state index contributed by atoms with van der Waals surface area (Å²) < 4.78 is 0. The van der Waals surface area contributed by atoms with Gasteiger partial charge in [-0.05, 0) is 42.9 Å². The van der Waals surface area contributed by atoms with Crippen molar-refractivity contribution in [2.75, 3.05) is 7.05 Å². The van der Waals surface area contributed by atoms with Crippen LogP contribution in [0.4, 0.5) is 0 Å². The van der Waals surface area contributed by atoms with Gasteiger partial charge in [0.15, 0.2) is 0 Å². The average Bonchev–Trinajstić information content (AvgIpc) is 2.78. The first-order chi connectivity index (χ1) is 10.2. The van der Waals surface area contributed by atoms with Gasteiger partial charge < -0.3 is 4.90 Å². The molecule has 0 unspecified atom stereocenters. The van der Waals surface area contributed by atoms with Crippen molar-refractivity contribution in [3.63, 3.8) is 0 Å². The summed E-state index contributed by atoms with van der Waals surface area (Å²) in [6.07, 6.45) is 6.13. The molecule has 0 radical (unpaired) electrons. The number of fused-ring (bicyclic) bond motifs is 1. The van der Waals surface area contributed by atoms with Crippen LogP contribution >= 0.6 is 11.3 Å². The summed E-state index contributed by atoms with van der Waals surface area (Å²) in [6, 6.07) is 12.3. The van der Waals surface area contributed by atoms with Gasteiger partial charge in [-0.2, -0.15) is 0 Å². The zero-order valence-electron chi connectivity index (χ0n) is 12.5. The number of aryl methyl sites for hydroxylation is 2. The number of benzene rings is 1. The third-order valence-electron chi connectivity index (χ3n) is 4.07. The van der Waals surface area contributed by atoms with Crippen LogP contribution in [0.5, 0.6) is 0 Å². The minimum atomic E-state index is 0.150. The second-order valence-corrected chi connectivity index (χ2v) is 6.90. The molecule has 21 heavy (non-hydrogen) atoms. The quantitative estimate of drug-likeness (QED) is 0.774.